The van der Waals surface area contributed by atoms with E-state index in [0.29, 0.717) is 0 Å². The zero-order valence-electron chi connectivity index (χ0n) is 12.9. The molecule has 0 saturated heterocycles. The van der Waals surface area contributed by atoms with Crippen LogP contribution in [0.2, 0.25) is 0 Å². The molecule has 1 N–H and O–H groups in total. The summed E-state index contributed by atoms with van der Waals surface area (Å²) in [7, 11) is 0. The second kappa shape index (κ2) is 5.54. The first-order valence-corrected chi connectivity index (χ1v) is 8.11. The maximum atomic E-state index is 10.6. The van der Waals surface area contributed by atoms with Crippen LogP contribution in [0.4, 0.5) is 0 Å². The Labute approximate surface area is 135 Å². The molecule has 2 nitrogen and oxygen atoms in total. The van der Waals surface area contributed by atoms with E-state index < -0.39 is 5.97 Å². The molecule has 23 heavy (non-hydrogen) atoms. The van der Waals surface area contributed by atoms with Crippen molar-refractivity contribution in [1.82, 2.24) is 0 Å². The van der Waals surface area contributed by atoms with Gasteiger partial charge in [-0.15, -0.1) is 0 Å². The number of hydrogen-bond acceptors (Lipinski definition) is 1. The first-order valence-electron chi connectivity index (χ1n) is 8.11. The lowest BCUT2D eigenvalue weighted by atomic mass is 9.98. The third kappa shape index (κ3) is 2.40. The molecule has 1 aliphatic carbocycles. The molecule has 0 aliphatic heterocycles. The average Bonchev–Trinajstić information content (AvgIpc) is 2.88. The number of carbonyl (C=O) groups is 1. The number of rotatable bonds is 5. The maximum absolute atomic E-state index is 10.6. The van der Waals surface area contributed by atoms with Gasteiger partial charge in [0.2, 0.25) is 0 Å². The monoisotopic (exact) mass is 302 g/mol. The molecule has 114 valence electrons. The summed E-state index contributed by atoms with van der Waals surface area (Å²) in [4.78, 5) is 10.6. The largest absolute Gasteiger partial charge is 0.481 e. The molecule has 3 aromatic rings. The molecule has 3 aromatic carbocycles. The number of hydrogen-bond donors (Lipinski definition) is 1. The summed E-state index contributed by atoms with van der Waals surface area (Å²) in [5, 5.41) is 11.4. The van der Waals surface area contributed by atoms with Gasteiger partial charge < -0.3 is 5.11 Å². The first-order chi connectivity index (χ1) is 11.2. The molecule has 1 aliphatic rings. The Morgan fingerprint density at radius 1 is 0.826 bits per heavy atom. The van der Waals surface area contributed by atoms with Crippen LogP contribution in [0.15, 0.2) is 54.6 Å². The van der Waals surface area contributed by atoms with Crippen LogP contribution < -0.4 is 0 Å². The molecule has 2 heteroatoms. The van der Waals surface area contributed by atoms with E-state index in [1.165, 1.54) is 38.6 Å². The average molecular weight is 302 g/mol. The lowest BCUT2D eigenvalue weighted by Crippen LogP contribution is -1.95. The van der Waals surface area contributed by atoms with Crippen molar-refractivity contribution in [3.8, 4) is 22.3 Å². The predicted octanol–water partition coefficient (Wildman–Crippen LogP) is 5.28. The smallest absolute Gasteiger partial charge is 0.303 e. The fourth-order valence-electron chi connectivity index (χ4n) is 3.60. The van der Waals surface area contributed by atoms with Gasteiger partial charge >= 0.3 is 5.97 Å². The van der Waals surface area contributed by atoms with Crippen LogP contribution in [0.5, 0.6) is 0 Å². The van der Waals surface area contributed by atoms with Gasteiger partial charge in [0, 0.05) is 6.42 Å². The Kier molecular flexibility index (Phi) is 3.38. The zero-order valence-corrected chi connectivity index (χ0v) is 12.9. The van der Waals surface area contributed by atoms with E-state index in [9.17, 15) is 4.79 Å². The Hall–Kier alpha value is -2.61. The third-order valence-electron chi connectivity index (χ3n) is 4.68. The van der Waals surface area contributed by atoms with Crippen LogP contribution in [0.25, 0.3) is 33.0 Å². The highest BCUT2D eigenvalue weighted by molar-refractivity contribution is 6.15. The Balaban J connectivity index is 1.67. The van der Waals surface area contributed by atoms with Crippen molar-refractivity contribution in [3.63, 3.8) is 0 Å². The van der Waals surface area contributed by atoms with Crippen LogP contribution in [0.1, 0.15) is 24.8 Å². The minimum atomic E-state index is -0.707. The molecule has 0 saturated carbocycles. The van der Waals surface area contributed by atoms with Crippen LogP contribution in [0, 0.1) is 0 Å². The van der Waals surface area contributed by atoms with Crippen LogP contribution in [-0.2, 0) is 11.2 Å². The molecule has 0 fully saturated rings. The number of benzene rings is 3. The van der Waals surface area contributed by atoms with Crippen molar-refractivity contribution in [1.29, 1.82) is 0 Å². The molecule has 0 radical (unpaired) electrons. The highest BCUT2D eigenvalue weighted by Gasteiger charge is 2.20. The molecule has 0 unspecified atom stereocenters. The van der Waals surface area contributed by atoms with E-state index in [1.54, 1.807) is 0 Å². The van der Waals surface area contributed by atoms with Gasteiger partial charge in [0.15, 0.2) is 0 Å². The Bertz CT molecular complexity index is 904. The summed E-state index contributed by atoms with van der Waals surface area (Å²) in [5.41, 5.74) is 6.56. The molecular weight excluding hydrogens is 284 g/mol. The molecule has 0 atom stereocenters. The van der Waals surface area contributed by atoms with Crippen LogP contribution in [0.3, 0.4) is 0 Å². The fraction of sp³-hybridized carbons (Fsp3) is 0.190. The van der Waals surface area contributed by atoms with E-state index in [-0.39, 0.29) is 6.42 Å². The standard InChI is InChI=1S/C21H18O2/c22-20(23)10-2-1-5-14-11-12-16-17-8-3-6-15-7-4-9-18(21(15)17)19(16)13-14/h3-4,6-9,11-13H,1-2,5,10H2,(H,22,23). The van der Waals surface area contributed by atoms with Gasteiger partial charge in [-0.25, -0.2) is 0 Å². The summed E-state index contributed by atoms with van der Waals surface area (Å²) in [5.74, 6) is -0.707. The summed E-state index contributed by atoms with van der Waals surface area (Å²) < 4.78 is 0. The van der Waals surface area contributed by atoms with E-state index in [1.807, 2.05) is 0 Å². The van der Waals surface area contributed by atoms with Gasteiger partial charge in [0.1, 0.15) is 0 Å². The fourth-order valence-corrected chi connectivity index (χ4v) is 3.60. The highest BCUT2D eigenvalue weighted by atomic mass is 16.4. The highest BCUT2D eigenvalue weighted by Crippen LogP contribution is 2.47. The topological polar surface area (TPSA) is 37.3 Å². The number of carboxylic acids is 1. The molecule has 0 spiro atoms. The SMILES string of the molecule is O=C(O)CCCCc1ccc2c(c1)-c1cccc3cccc-2c13. The van der Waals surface area contributed by atoms with Gasteiger partial charge in [-0.2, -0.15) is 0 Å². The summed E-state index contributed by atoms with van der Waals surface area (Å²) in [6.45, 7) is 0. The quantitative estimate of drug-likeness (QED) is 0.509. The predicted molar refractivity (Wildman–Crippen MR) is 93.6 cm³/mol. The third-order valence-corrected chi connectivity index (χ3v) is 4.68. The van der Waals surface area contributed by atoms with Crippen molar-refractivity contribution >= 4 is 16.7 Å². The van der Waals surface area contributed by atoms with Gasteiger partial charge in [-0.3, -0.25) is 4.79 Å². The Morgan fingerprint density at radius 2 is 1.57 bits per heavy atom. The number of aryl methyl sites for hydroxylation is 1. The first kappa shape index (κ1) is 14.0. The molecule has 0 bridgehead atoms. The van der Waals surface area contributed by atoms with Gasteiger partial charge in [-0.1, -0.05) is 54.6 Å². The molecule has 0 aromatic heterocycles. The lowest BCUT2D eigenvalue weighted by molar-refractivity contribution is -0.137. The van der Waals surface area contributed by atoms with Crippen molar-refractivity contribution in [3.05, 3.63) is 60.2 Å². The molecular formula is C21H18O2. The zero-order chi connectivity index (χ0) is 15.8. The summed E-state index contributed by atoms with van der Waals surface area (Å²) in [6.07, 6.45) is 2.85. The van der Waals surface area contributed by atoms with E-state index in [4.69, 9.17) is 5.11 Å². The van der Waals surface area contributed by atoms with Crippen LogP contribution >= 0.6 is 0 Å². The lowest BCUT2D eigenvalue weighted by Gasteiger charge is -2.06. The van der Waals surface area contributed by atoms with Crippen LogP contribution in [-0.4, -0.2) is 11.1 Å². The second-order valence-corrected chi connectivity index (χ2v) is 6.19. The van der Waals surface area contributed by atoms with Gasteiger partial charge in [0.05, 0.1) is 0 Å². The second-order valence-electron chi connectivity index (χ2n) is 6.19. The molecule has 4 rings (SSSR count). The van der Waals surface area contributed by atoms with Crippen molar-refractivity contribution in [2.75, 3.05) is 0 Å². The number of aliphatic carboxylic acids is 1. The van der Waals surface area contributed by atoms with E-state index >= 15 is 0 Å². The molecule has 0 heterocycles. The normalized spacial score (nSPS) is 11.7. The van der Waals surface area contributed by atoms with E-state index in [0.717, 1.165) is 19.3 Å². The van der Waals surface area contributed by atoms with Crippen molar-refractivity contribution < 1.29 is 9.90 Å². The maximum Gasteiger partial charge on any atom is 0.303 e. The number of fused-ring (bicyclic) bond motifs is 3. The van der Waals surface area contributed by atoms with Crippen molar-refractivity contribution in [2.24, 2.45) is 0 Å². The summed E-state index contributed by atoms with van der Waals surface area (Å²) >= 11 is 0. The van der Waals surface area contributed by atoms with Crippen molar-refractivity contribution in [2.45, 2.75) is 25.7 Å². The minimum absolute atomic E-state index is 0.260. The van der Waals surface area contributed by atoms with Gasteiger partial charge in [-0.05, 0) is 57.9 Å². The van der Waals surface area contributed by atoms with E-state index in [2.05, 4.69) is 54.6 Å². The van der Waals surface area contributed by atoms with Gasteiger partial charge in [0.25, 0.3) is 0 Å². The minimum Gasteiger partial charge on any atom is -0.481 e. The number of unbranched alkanes of at least 4 members (excludes halogenated alkanes) is 1. The Morgan fingerprint density at radius 3 is 2.30 bits per heavy atom. The number of carboxylic acid groups (broad SMARTS) is 1. The molecule has 0 amide bonds. The summed E-state index contributed by atoms with van der Waals surface area (Å²) in [6, 6.07) is 19.7.